The topological polar surface area (TPSA) is 79.5 Å². The summed E-state index contributed by atoms with van der Waals surface area (Å²) in [7, 11) is 0. The molecule has 0 saturated carbocycles. The summed E-state index contributed by atoms with van der Waals surface area (Å²) < 4.78 is 6.04. The molecule has 0 radical (unpaired) electrons. The zero-order chi connectivity index (χ0) is 16.2. The summed E-state index contributed by atoms with van der Waals surface area (Å²) in [6.07, 6.45) is 2.36. The Morgan fingerprint density at radius 3 is 3.00 bits per heavy atom. The molecule has 0 aliphatic heterocycles. The smallest absolute Gasteiger partial charge is 0.291 e. The Hall–Kier alpha value is -2.67. The van der Waals surface area contributed by atoms with Crippen molar-refractivity contribution in [1.29, 1.82) is 0 Å². The average Bonchev–Trinajstić information content (AvgIpc) is 3.21. The van der Waals surface area contributed by atoms with Gasteiger partial charge in [-0.3, -0.25) is 10.2 Å². The van der Waals surface area contributed by atoms with Gasteiger partial charge in [-0.2, -0.15) is 5.10 Å². The minimum Gasteiger partial charge on any atom is -0.459 e. The minimum absolute atomic E-state index is 0.277. The van der Waals surface area contributed by atoms with Crippen LogP contribution in [0.25, 0.3) is 10.2 Å². The molecule has 0 atom stereocenters. The summed E-state index contributed by atoms with van der Waals surface area (Å²) in [5, 5.41) is 7.77. The number of anilines is 2. The summed E-state index contributed by atoms with van der Waals surface area (Å²) >= 11 is 1.48. The van der Waals surface area contributed by atoms with Crippen molar-refractivity contribution in [2.45, 2.75) is 20.3 Å². The lowest BCUT2D eigenvalue weighted by molar-refractivity contribution is 0.0996. The van der Waals surface area contributed by atoms with Crippen LogP contribution in [0.15, 0.2) is 46.1 Å². The van der Waals surface area contributed by atoms with E-state index in [2.05, 4.69) is 20.8 Å². The van der Waals surface area contributed by atoms with Crippen molar-refractivity contribution in [3.8, 4) is 0 Å². The molecule has 0 aliphatic carbocycles. The molecule has 23 heavy (non-hydrogen) atoms. The summed E-state index contributed by atoms with van der Waals surface area (Å²) in [4.78, 5) is 16.4. The molecule has 118 valence electrons. The fraction of sp³-hybridized carbons (Fsp3) is 0.188. The number of rotatable bonds is 5. The Labute approximate surface area is 137 Å². The van der Waals surface area contributed by atoms with Crippen molar-refractivity contribution >= 4 is 44.0 Å². The highest BCUT2D eigenvalue weighted by molar-refractivity contribution is 7.22. The molecular weight excluding hydrogens is 312 g/mol. The Morgan fingerprint density at radius 2 is 2.26 bits per heavy atom. The first-order valence-electron chi connectivity index (χ1n) is 7.20. The minimum atomic E-state index is -0.277. The number of furan rings is 1. The molecule has 0 spiro atoms. The van der Waals surface area contributed by atoms with Crippen LogP contribution in [-0.2, 0) is 0 Å². The molecule has 7 heteroatoms. The molecule has 1 aromatic carbocycles. The maximum atomic E-state index is 12.0. The number of nitrogens with one attached hydrogen (secondary N) is 2. The number of thiazole rings is 1. The van der Waals surface area contributed by atoms with Gasteiger partial charge in [-0.05, 0) is 43.7 Å². The van der Waals surface area contributed by atoms with E-state index in [-0.39, 0.29) is 11.7 Å². The van der Waals surface area contributed by atoms with Crippen molar-refractivity contribution in [3.63, 3.8) is 0 Å². The molecule has 3 aromatic rings. The molecule has 2 heterocycles. The zero-order valence-electron chi connectivity index (χ0n) is 12.8. The average molecular weight is 328 g/mol. The van der Waals surface area contributed by atoms with E-state index in [1.807, 2.05) is 32.0 Å². The van der Waals surface area contributed by atoms with Crippen molar-refractivity contribution < 1.29 is 9.21 Å². The van der Waals surface area contributed by atoms with Crippen LogP contribution in [0.1, 0.15) is 30.8 Å². The number of fused-ring (bicyclic) bond motifs is 1. The number of carbonyl (C=O) groups is 1. The first kappa shape index (κ1) is 15.2. The van der Waals surface area contributed by atoms with Gasteiger partial charge in [0.2, 0.25) is 5.13 Å². The highest BCUT2D eigenvalue weighted by atomic mass is 32.1. The van der Waals surface area contributed by atoms with Crippen LogP contribution in [0.3, 0.4) is 0 Å². The lowest BCUT2D eigenvalue weighted by Crippen LogP contribution is -2.10. The van der Waals surface area contributed by atoms with E-state index in [1.165, 1.54) is 17.6 Å². The van der Waals surface area contributed by atoms with Crippen LogP contribution in [0, 0.1) is 0 Å². The van der Waals surface area contributed by atoms with E-state index < -0.39 is 0 Å². The maximum Gasteiger partial charge on any atom is 0.291 e. The monoisotopic (exact) mass is 328 g/mol. The molecule has 0 saturated heterocycles. The van der Waals surface area contributed by atoms with E-state index in [0.29, 0.717) is 5.69 Å². The highest BCUT2D eigenvalue weighted by Crippen LogP contribution is 2.28. The normalized spacial score (nSPS) is 11.7. The molecule has 0 fully saturated rings. The predicted molar refractivity (Wildman–Crippen MR) is 93.3 cm³/mol. The van der Waals surface area contributed by atoms with E-state index in [0.717, 1.165) is 27.5 Å². The van der Waals surface area contributed by atoms with Crippen molar-refractivity contribution in [2.75, 3.05) is 10.7 Å². The summed E-state index contributed by atoms with van der Waals surface area (Å²) in [6.45, 7) is 4.01. The van der Waals surface area contributed by atoms with Gasteiger partial charge in [-0.1, -0.05) is 18.3 Å². The number of aromatic nitrogens is 1. The lowest BCUT2D eigenvalue weighted by atomic mass is 10.3. The van der Waals surface area contributed by atoms with E-state index in [9.17, 15) is 4.79 Å². The third-order valence-corrected chi connectivity index (χ3v) is 4.17. The highest BCUT2D eigenvalue weighted by Gasteiger charge is 2.10. The molecule has 1 amide bonds. The molecule has 2 aromatic heterocycles. The number of benzene rings is 1. The molecule has 0 bridgehead atoms. The van der Waals surface area contributed by atoms with Crippen molar-refractivity contribution in [2.24, 2.45) is 5.10 Å². The van der Waals surface area contributed by atoms with Gasteiger partial charge in [0.05, 0.1) is 16.5 Å². The van der Waals surface area contributed by atoms with Crippen LogP contribution in [-0.4, -0.2) is 16.6 Å². The third kappa shape index (κ3) is 3.57. The number of hydrazone groups is 1. The number of hydrogen-bond donors (Lipinski definition) is 2. The second kappa shape index (κ2) is 6.62. The lowest BCUT2D eigenvalue weighted by Gasteiger charge is -2.02. The molecule has 2 N–H and O–H groups in total. The van der Waals surface area contributed by atoms with Crippen LogP contribution in [0.2, 0.25) is 0 Å². The molecule has 0 unspecified atom stereocenters. The van der Waals surface area contributed by atoms with Gasteiger partial charge in [-0.25, -0.2) is 4.98 Å². The quantitative estimate of drug-likeness (QED) is 0.539. The van der Waals surface area contributed by atoms with Crippen LogP contribution >= 0.6 is 11.3 Å². The largest absolute Gasteiger partial charge is 0.459 e. The van der Waals surface area contributed by atoms with Gasteiger partial charge in [0.15, 0.2) is 5.76 Å². The van der Waals surface area contributed by atoms with Gasteiger partial charge in [-0.15, -0.1) is 0 Å². The van der Waals surface area contributed by atoms with Crippen molar-refractivity contribution in [1.82, 2.24) is 4.98 Å². The van der Waals surface area contributed by atoms with Crippen molar-refractivity contribution in [3.05, 3.63) is 42.4 Å². The van der Waals surface area contributed by atoms with Gasteiger partial charge in [0.25, 0.3) is 5.91 Å². The number of nitrogens with zero attached hydrogens (tertiary/aromatic N) is 2. The molecule has 6 nitrogen and oxygen atoms in total. The summed E-state index contributed by atoms with van der Waals surface area (Å²) in [6, 6.07) is 8.86. The Balaban J connectivity index is 1.77. The number of hydrogen-bond acceptors (Lipinski definition) is 6. The van der Waals surface area contributed by atoms with E-state index in [4.69, 9.17) is 4.42 Å². The Morgan fingerprint density at radius 1 is 1.39 bits per heavy atom. The zero-order valence-corrected chi connectivity index (χ0v) is 13.6. The Kier molecular flexibility index (Phi) is 4.38. The summed E-state index contributed by atoms with van der Waals surface area (Å²) in [5.41, 5.74) is 5.53. The summed E-state index contributed by atoms with van der Waals surface area (Å²) in [5.74, 6) is 0.00141. The van der Waals surface area contributed by atoms with Crippen LogP contribution in [0.5, 0.6) is 0 Å². The van der Waals surface area contributed by atoms with Crippen LogP contribution < -0.4 is 10.7 Å². The van der Waals surface area contributed by atoms with E-state index in [1.54, 1.807) is 12.1 Å². The second-order valence-corrected chi connectivity index (χ2v) is 5.98. The molecule has 0 aliphatic rings. The van der Waals surface area contributed by atoms with Crippen LogP contribution in [0.4, 0.5) is 10.8 Å². The first-order valence-corrected chi connectivity index (χ1v) is 8.02. The van der Waals surface area contributed by atoms with Gasteiger partial charge in [0.1, 0.15) is 0 Å². The SMILES string of the molecule is CC/C(C)=N\Nc1nc2ccc(NC(=O)c3ccco3)cc2s1. The van der Waals surface area contributed by atoms with E-state index >= 15 is 0 Å². The second-order valence-electron chi connectivity index (χ2n) is 4.95. The van der Waals surface area contributed by atoms with Gasteiger partial charge < -0.3 is 9.73 Å². The molecule has 3 rings (SSSR count). The molecular formula is C16H16N4O2S. The fourth-order valence-corrected chi connectivity index (χ4v) is 2.72. The predicted octanol–water partition coefficient (Wildman–Crippen LogP) is 4.34. The van der Waals surface area contributed by atoms with Gasteiger partial charge >= 0.3 is 0 Å². The van der Waals surface area contributed by atoms with Gasteiger partial charge in [0, 0.05) is 11.4 Å². The third-order valence-electron chi connectivity index (χ3n) is 3.25. The standard InChI is InChI=1S/C16H16N4O2S/c1-3-10(2)19-20-16-18-12-7-6-11(9-14(12)23-16)17-15(21)13-5-4-8-22-13/h4-9H,3H2,1-2H3,(H,17,21)(H,18,20)/b19-10-. The Bertz CT molecular complexity index is 852. The first-order chi connectivity index (χ1) is 11.2. The number of amides is 1. The number of carbonyl (C=O) groups excluding carboxylic acids is 1. The maximum absolute atomic E-state index is 12.0. The fourth-order valence-electron chi connectivity index (χ4n) is 1.87.